The molecule has 0 unspecified atom stereocenters. The molecule has 1 aromatic carbocycles. The van der Waals surface area contributed by atoms with E-state index in [4.69, 9.17) is 10.00 Å². The number of β-amino-alcohol motifs (C(OH)–C–C–N with tert-alkyl or cyclic N) is 1. The number of aliphatic hydroxyl groups excluding tert-OH is 1. The van der Waals surface area contributed by atoms with Crippen molar-refractivity contribution >= 4 is 0 Å². The second-order valence-electron chi connectivity index (χ2n) is 5.12. The summed E-state index contributed by atoms with van der Waals surface area (Å²) in [7, 11) is 0. The lowest BCUT2D eigenvalue weighted by Gasteiger charge is -2.31. The van der Waals surface area contributed by atoms with Gasteiger partial charge in [0.15, 0.2) is 6.10 Å². The van der Waals surface area contributed by atoms with Crippen LogP contribution in [0.5, 0.6) is 0 Å². The van der Waals surface area contributed by atoms with E-state index < -0.39 is 6.10 Å². The highest BCUT2D eigenvalue weighted by Crippen LogP contribution is 2.21. The fourth-order valence-corrected chi connectivity index (χ4v) is 2.41. The van der Waals surface area contributed by atoms with Gasteiger partial charge in [-0.15, -0.1) is 0 Å². The molecular formula is C15H20N2O2. The number of rotatable bonds is 3. The van der Waals surface area contributed by atoms with Crippen molar-refractivity contribution in [1.29, 1.82) is 5.26 Å². The van der Waals surface area contributed by atoms with Crippen molar-refractivity contribution in [3.05, 3.63) is 34.9 Å². The average molecular weight is 260 g/mol. The lowest BCUT2D eigenvalue weighted by Crippen LogP contribution is -2.43. The second kappa shape index (κ2) is 6.16. The Kier molecular flexibility index (Phi) is 4.54. The summed E-state index contributed by atoms with van der Waals surface area (Å²) in [5, 5.41) is 19.2. The standard InChI is InChI=1S/C15H20N2O2/c1-11-3-4-12(2)14(7-11)15(18)10-17-5-6-19-13(8-16)9-17/h3-4,7,13,15,18H,5-6,9-10H2,1-2H3/t13-,15-/m0/s1. The average Bonchev–Trinajstić information content (AvgIpc) is 2.41. The normalized spacial score (nSPS) is 21.9. The monoisotopic (exact) mass is 260 g/mol. The molecule has 1 aliphatic rings. The second-order valence-corrected chi connectivity index (χ2v) is 5.12. The van der Waals surface area contributed by atoms with E-state index in [1.807, 2.05) is 32.0 Å². The Labute approximate surface area is 114 Å². The lowest BCUT2D eigenvalue weighted by molar-refractivity contribution is -0.0160. The summed E-state index contributed by atoms with van der Waals surface area (Å²) in [5.74, 6) is 0. The van der Waals surface area contributed by atoms with E-state index in [0.29, 0.717) is 19.7 Å². The Bertz CT molecular complexity index is 482. The number of aryl methyl sites for hydroxylation is 2. The van der Waals surface area contributed by atoms with Crippen molar-refractivity contribution in [2.24, 2.45) is 0 Å². The summed E-state index contributed by atoms with van der Waals surface area (Å²) in [6, 6.07) is 8.23. The van der Waals surface area contributed by atoms with E-state index in [1.54, 1.807) is 0 Å². The predicted molar refractivity (Wildman–Crippen MR) is 72.7 cm³/mol. The van der Waals surface area contributed by atoms with Crippen LogP contribution < -0.4 is 0 Å². The van der Waals surface area contributed by atoms with Crippen LogP contribution in [0.1, 0.15) is 22.8 Å². The SMILES string of the molecule is Cc1ccc(C)c([C@@H](O)CN2CCO[C@@H](C#N)C2)c1. The molecule has 0 spiro atoms. The van der Waals surface area contributed by atoms with Crippen LogP contribution in [-0.4, -0.2) is 42.4 Å². The van der Waals surface area contributed by atoms with Crippen molar-refractivity contribution in [2.45, 2.75) is 26.1 Å². The van der Waals surface area contributed by atoms with Gasteiger partial charge in [-0.05, 0) is 25.0 Å². The molecular weight excluding hydrogens is 240 g/mol. The van der Waals surface area contributed by atoms with E-state index in [9.17, 15) is 5.11 Å². The van der Waals surface area contributed by atoms with Crippen LogP contribution in [0.25, 0.3) is 0 Å². The van der Waals surface area contributed by atoms with Crippen LogP contribution in [0, 0.1) is 25.2 Å². The highest BCUT2D eigenvalue weighted by Gasteiger charge is 2.23. The van der Waals surface area contributed by atoms with Gasteiger partial charge in [0, 0.05) is 19.6 Å². The number of aliphatic hydroxyl groups is 1. The molecule has 0 radical (unpaired) electrons. The number of hydrogen-bond acceptors (Lipinski definition) is 4. The number of hydrogen-bond donors (Lipinski definition) is 1. The molecule has 0 aliphatic carbocycles. The maximum atomic E-state index is 10.4. The first kappa shape index (κ1) is 14.0. The zero-order valence-electron chi connectivity index (χ0n) is 11.5. The van der Waals surface area contributed by atoms with Crippen molar-refractivity contribution in [3.63, 3.8) is 0 Å². The zero-order valence-corrected chi connectivity index (χ0v) is 11.5. The largest absolute Gasteiger partial charge is 0.387 e. The molecule has 2 atom stereocenters. The van der Waals surface area contributed by atoms with Gasteiger partial charge in [0.25, 0.3) is 0 Å². The van der Waals surface area contributed by atoms with Gasteiger partial charge in [-0.3, -0.25) is 4.90 Å². The van der Waals surface area contributed by atoms with Crippen LogP contribution in [0.4, 0.5) is 0 Å². The third-order valence-corrected chi connectivity index (χ3v) is 3.52. The first-order valence-electron chi connectivity index (χ1n) is 6.59. The minimum absolute atomic E-state index is 0.375. The van der Waals surface area contributed by atoms with E-state index in [0.717, 1.165) is 23.2 Å². The predicted octanol–water partition coefficient (Wildman–Crippen LogP) is 1.56. The van der Waals surface area contributed by atoms with Gasteiger partial charge in [0.05, 0.1) is 18.8 Å². The quantitative estimate of drug-likeness (QED) is 0.896. The molecule has 1 fully saturated rings. The fourth-order valence-electron chi connectivity index (χ4n) is 2.41. The molecule has 0 amide bonds. The molecule has 19 heavy (non-hydrogen) atoms. The van der Waals surface area contributed by atoms with Gasteiger partial charge in [-0.1, -0.05) is 23.8 Å². The van der Waals surface area contributed by atoms with E-state index in [2.05, 4.69) is 11.0 Å². The molecule has 1 aromatic rings. The molecule has 4 heteroatoms. The Morgan fingerprint density at radius 3 is 3.05 bits per heavy atom. The Morgan fingerprint density at radius 1 is 1.53 bits per heavy atom. The van der Waals surface area contributed by atoms with Crippen LogP contribution >= 0.6 is 0 Å². The van der Waals surface area contributed by atoms with E-state index >= 15 is 0 Å². The maximum absolute atomic E-state index is 10.4. The number of morpholine rings is 1. The van der Waals surface area contributed by atoms with Gasteiger partial charge < -0.3 is 9.84 Å². The van der Waals surface area contributed by atoms with Crippen LogP contribution in [0.15, 0.2) is 18.2 Å². The van der Waals surface area contributed by atoms with Gasteiger partial charge in [0.1, 0.15) is 0 Å². The molecule has 0 bridgehead atoms. The summed E-state index contributed by atoms with van der Waals surface area (Å²) in [4.78, 5) is 2.09. The van der Waals surface area contributed by atoms with Gasteiger partial charge in [-0.2, -0.15) is 5.26 Å². The van der Waals surface area contributed by atoms with E-state index in [1.165, 1.54) is 0 Å². The number of ether oxygens (including phenoxy) is 1. The molecule has 4 nitrogen and oxygen atoms in total. The Hall–Kier alpha value is -1.41. The van der Waals surface area contributed by atoms with Gasteiger partial charge in [0.2, 0.25) is 0 Å². The molecule has 1 aliphatic heterocycles. The zero-order chi connectivity index (χ0) is 13.8. The third-order valence-electron chi connectivity index (χ3n) is 3.52. The fraction of sp³-hybridized carbons (Fsp3) is 0.533. The summed E-state index contributed by atoms with van der Waals surface area (Å²) in [6.45, 7) is 6.47. The Morgan fingerprint density at radius 2 is 2.32 bits per heavy atom. The highest BCUT2D eigenvalue weighted by molar-refractivity contribution is 5.32. The lowest BCUT2D eigenvalue weighted by atomic mass is 10.0. The summed E-state index contributed by atoms with van der Waals surface area (Å²) < 4.78 is 5.30. The molecule has 1 N–H and O–H groups in total. The van der Waals surface area contributed by atoms with Crippen molar-refractivity contribution in [2.75, 3.05) is 26.2 Å². The van der Waals surface area contributed by atoms with Crippen LogP contribution in [0.3, 0.4) is 0 Å². The first-order valence-corrected chi connectivity index (χ1v) is 6.59. The topological polar surface area (TPSA) is 56.5 Å². The maximum Gasteiger partial charge on any atom is 0.156 e. The molecule has 2 rings (SSSR count). The van der Waals surface area contributed by atoms with Crippen LogP contribution in [0.2, 0.25) is 0 Å². The van der Waals surface area contributed by atoms with Crippen molar-refractivity contribution in [3.8, 4) is 6.07 Å². The molecule has 0 saturated carbocycles. The van der Waals surface area contributed by atoms with Crippen molar-refractivity contribution in [1.82, 2.24) is 4.90 Å². The minimum Gasteiger partial charge on any atom is -0.387 e. The number of nitriles is 1. The van der Waals surface area contributed by atoms with Crippen molar-refractivity contribution < 1.29 is 9.84 Å². The minimum atomic E-state index is -0.516. The number of nitrogens with zero attached hydrogens (tertiary/aromatic N) is 2. The van der Waals surface area contributed by atoms with E-state index in [-0.39, 0.29) is 6.10 Å². The van der Waals surface area contributed by atoms with Gasteiger partial charge in [-0.25, -0.2) is 0 Å². The Balaban J connectivity index is 2.02. The number of benzene rings is 1. The molecule has 0 aromatic heterocycles. The third kappa shape index (κ3) is 3.54. The van der Waals surface area contributed by atoms with Gasteiger partial charge >= 0.3 is 0 Å². The molecule has 102 valence electrons. The molecule has 1 saturated heterocycles. The molecule has 1 heterocycles. The highest BCUT2D eigenvalue weighted by atomic mass is 16.5. The van der Waals surface area contributed by atoms with Crippen LogP contribution in [-0.2, 0) is 4.74 Å². The summed E-state index contributed by atoms with van der Waals surface area (Å²) >= 11 is 0. The summed E-state index contributed by atoms with van der Waals surface area (Å²) in [6.07, 6.45) is -0.892. The smallest absolute Gasteiger partial charge is 0.156 e. The first-order chi connectivity index (χ1) is 9.10. The summed E-state index contributed by atoms with van der Waals surface area (Å²) in [5.41, 5.74) is 3.22.